The third-order valence-corrected chi connectivity index (χ3v) is 14.1. The van der Waals surface area contributed by atoms with Gasteiger partial charge in [0.1, 0.15) is 11.5 Å². The molecule has 0 N–H and O–H groups in total. The maximum atomic E-state index is 13.4. The number of benzene rings is 2. The Balaban J connectivity index is 1.96. The predicted octanol–water partition coefficient (Wildman–Crippen LogP) is 8.01. The van der Waals surface area contributed by atoms with Gasteiger partial charge in [0.25, 0.3) is 0 Å². The van der Waals surface area contributed by atoms with Crippen molar-refractivity contribution < 1.29 is 26.3 Å². The highest BCUT2D eigenvalue weighted by Crippen LogP contribution is 2.32. The fourth-order valence-corrected chi connectivity index (χ4v) is 10.7. The Morgan fingerprint density at radius 2 is 0.925 bits per heavy atom. The highest BCUT2D eigenvalue weighted by atomic mass is 33.1. The van der Waals surface area contributed by atoms with Crippen LogP contribution in [0.4, 0.5) is 0 Å². The Morgan fingerprint density at radius 1 is 0.575 bits per heavy atom. The monoisotopic (exact) mass is 630 g/mol. The summed E-state index contributed by atoms with van der Waals surface area (Å²) in [5.41, 5.74) is 0. The molecule has 2 rings (SSSR count). The summed E-state index contributed by atoms with van der Waals surface area (Å²) < 4.78 is 64.0. The lowest BCUT2D eigenvalue weighted by molar-refractivity contribution is 0.414. The van der Waals surface area contributed by atoms with Gasteiger partial charge in [0.2, 0.25) is 0 Å². The molecule has 2 aromatic carbocycles. The summed E-state index contributed by atoms with van der Waals surface area (Å²) in [4.78, 5) is 0.678. The van der Waals surface area contributed by atoms with E-state index in [0.717, 1.165) is 38.5 Å². The zero-order valence-corrected chi connectivity index (χ0v) is 27.6. The number of hydrogen-bond acceptors (Lipinski definition) is 8. The van der Waals surface area contributed by atoms with Gasteiger partial charge in [-0.05, 0) is 74.2 Å². The molecule has 226 valence electrons. The average Bonchev–Trinajstić information content (AvgIpc) is 2.96. The number of rotatable bonds is 21. The standard InChI is InChI=1S/C30H46O6S4/c1-5-7-9-11-27(39(31,32)29-17-13-25(35-3)14-18-29)21-23-37-38-24-22-28(12-10-8-6-2)40(33,34)30-19-15-26(36-4)16-20-30/h13-20,27-28H,5-12,21-24H2,1-4H3. The van der Waals surface area contributed by atoms with Crippen LogP contribution in [0.3, 0.4) is 0 Å². The van der Waals surface area contributed by atoms with Gasteiger partial charge in [0.05, 0.1) is 34.5 Å². The van der Waals surface area contributed by atoms with Crippen LogP contribution < -0.4 is 9.47 Å². The molecule has 0 bridgehead atoms. The number of ether oxygens (including phenoxy) is 2. The first-order valence-electron chi connectivity index (χ1n) is 14.2. The highest BCUT2D eigenvalue weighted by molar-refractivity contribution is 8.76. The molecule has 0 aromatic heterocycles. The van der Waals surface area contributed by atoms with Crippen LogP contribution in [0.15, 0.2) is 58.3 Å². The van der Waals surface area contributed by atoms with Gasteiger partial charge in [-0.15, -0.1) is 0 Å². The second-order valence-corrected chi connectivity index (χ2v) is 17.1. The van der Waals surface area contributed by atoms with E-state index in [1.165, 1.54) is 0 Å². The molecule has 0 saturated heterocycles. The molecule has 2 atom stereocenters. The molecular formula is C30H46O6S4. The minimum atomic E-state index is -3.45. The van der Waals surface area contributed by atoms with E-state index in [1.807, 2.05) is 0 Å². The molecule has 0 aliphatic heterocycles. The normalized spacial score (nSPS) is 13.6. The Bertz CT molecular complexity index is 1080. The summed E-state index contributed by atoms with van der Waals surface area (Å²) in [6.45, 7) is 4.23. The third-order valence-electron chi connectivity index (χ3n) is 7.04. The SMILES string of the molecule is CCCCCC(CCSSCCC(CCCCC)S(=O)(=O)c1ccc(OC)cc1)S(=O)(=O)c1ccc(OC)cc1. The number of methoxy groups -OCH3 is 2. The van der Waals surface area contributed by atoms with Crippen LogP contribution in [0.25, 0.3) is 0 Å². The van der Waals surface area contributed by atoms with E-state index in [1.54, 1.807) is 84.3 Å². The van der Waals surface area contributed by atoms with E-state index in [9.17, 15) is 16.8 Å². The molecule has 10 heteroatoms. The lowest BCUT2D eigenvalue weighted by atomic mass is 10.1. The fourth-order valence-electron chi connectivity index (χ4n) is 4.55. The second kappa shape index (κ2) is 18.2. The van der Waals surface area contributed by atoms with E-state index >= 15 is 0 Å². The fraction of sp³-hybridized carbons (Fsp3) is 0.600. The van der Waals surface area contributed by atoms with Crippen molar-refractivity contribution >= 4 is 41.3 Å². The van der Waals surface area contributed by atoms with Crippen molar-refractivity contribution in [2.75, 3.05) is 25.7 Å². The smallest absolute Gasteiger partial charge is 0.181 e. The third kappa shape index (κ3) is 10.8. The van der Waals surface area contributed by atoms with Crippen LogP contribution in [0.2, 0.25) is 0 Å². The Labute approximate surface area is 250 Å². The van der Waals surface area contributed by atoms with Crippen LogP contribution in [0.1, 0.15) is 78.1 Å². The maximum Gasteiger partial charge on any atom is 0.181 e. The summed E-state index contributed by atoms with van der Waals surface area (Å²) >= 11 is 0. The van der Waals surface area contributed by atoms with Gasteiger partial charge in [-0.25, -0.2) is 16.8 Å². The number of unbranched alkanes of at least 4 members (excludes halogenated alkanes) is 4. The lowest BCUT2D eigenvalue weighted by Gasteiger charge is -2.19. The molecule has 0 aliphatic carbocycles. The van der Waals surface area contributed by atoms with Crippen molar-refractivity contribution in [1.82, 2.24) is 0 Å². The maximum absolute atomic E-state index is 13.4. The van der Waals surface area contributed by atoms with Gasteiger partial charge in [0.15, 0.2) is 19.7 Å². The first-order chi connectivity index (χ1) is 19.2. The van der Waals surface area contributed by atoms with Gasteiger partial charge >= 0.3 is 0 Å². The Kier molecular flexibility index (Phi) is 15.9. The molecule has 0 heterocycles. The Hall–Kier alpha value is -1.36. The number of sulfone groups is 2. The first kappa shape index (κ1) is 34.8. The van der Waals surface area contributed by atoms with Crippen LogP contribution in [0.5, 0.6) is 11.5 Å². The largest absolute Gasteiger partial charge is 0.497 e. The van der Waals surface area contributed by atoms with Gasteiger partial charge in [-0.2, -0.15) is 0 Å². The summed E-state index contributed by atoms with van der Waals surface area (Å²) in [5, 5.41) is -0.865. The van der Waals surface area contributed by atoms with Crippen molar-refractivity contribution in [3.8, 4) is 11.5 Å². The summed E-state index contributed by atoms with van der Waals surface area (Å²) in [5.74, 6) is 2.66. The van der Waals surface area contributed by atoms with E-state index in [4.69, 9.17) is 9.47 Å². The van der Waals surface area contributed by atoms with Crippen molar-refractivity contribution in [1.29, 1.82) is 0 Å². The molecule has 0 amide bonds. The van der Waals surface area contributed by atoms with Crippen molar-refractivity contribution in [3.05, 3.63) is 48.5 Å². The molecule has 0 fully saturated rings. The van der Waals surface area contributed by atoms with Crippen LogP contribution in [-0.4, -0.2) is 53.1 Å². The second-order valence-electron chi connectivity index (χ2n) is 9.90. The van der Waals surface area contributed by atoms with Gasteiger partial charge < -0.3 is 9.47 Å². The molecule has 0 saturated carbocycles. The molecule has 2 unspecified atom stereocenters. The molecule has 40 heavy (non-hydrogen) atoms. The van der Waals surface area contributed by atoms with E-state index in [2.05, 4.69) is 13.8 Å². The van der Waals surface area contributed by atoms with Crippen molar-refractivity contribution in [3.63, 3.8) is 0 Å². The topological polar surface area (TPSA) is 86.7 Å². The van der Waals surface area contributed by atoms with Crippen molar-refractivity contribution in [2.24, 2.45) is 0 Å². The summed E-state index contributed by atoms with van der Waals surface area (Å²) in [6, 6.07) is 13.3. The minimum Gasteiger partial charge on any atom is -0.497 e. The molecule has 0 radical (unpaired) electrons. The van der Waals surface area contributed by atoms with Gasteiger partial charge in [0, 0.05) is 11.5 Å². The van der Waals surface area contributed by atoms with Gasteiger partial charge in [-0.3, -0.25) is 0 Å². The van der Waals surface area contributed by atoms with Crippen LogP contribution >= 0.6 is 21.6 Å². The predicted molar refractivity (Wildman–Crippen MR) is 170 cm³/mol. The minimum absolute atomic E-state index is 0.339. The zero-order valence-electron chi connectivity index (χ0n) is 24.3. The summed E-state index contributed by atoms with van der Waals surface area (Å²) in [7, 11) is -0.486. The number of hydrogen-bond donors (Lipinski definition) is 0. The average molecular weight is 631 g/mol. The zero-order chi connectivity index (χ0) is 29.4. The van der Waals surface area contributed by atoms with Crippen molar-refractivity contribution in [2.45, 2.75) is 98.3 Å². The molecule has 6 nitrogen and oxygen atoms in total. The first-order valence-corrected chi connectivity index (χ1v) is 19.8. The van der Waals surface area contributed by atoms with Crippen LogP contribution in [0, 0.1) is 0 Å². The van der Waals surface area contributed by atoms with Crippen LogP contribution in [-0.2, 0) is 19.7 Å². The highest BCUT2D eigenvalue weighted by Gasteiger charge is 2.28. The quantitative estimate of drug-likeness (QED) is 0.101. The molecule has 2 aromatic rings. The van der Waals surface area contributed by atoms with Gasteiger partial charge in [-0.1, -0.05) is 74.0 Å². The van der Waals surface area contributed by atoms with E-state index < -0.39 is 30.2 Å². The molecule has 0 aliphatic rings. The van der Waals surface area contributed by atoms with E-state index in [0.29, 0.717) is 58.5 Å². The lowest BCUT2D eigenvalue weighted by Crippen LogP contribution is -2.23. The van der Waals surface area contributed by atoms with E-state index in [-0.39, 0.29) is 0 Å². The Morgan fingerprint density at radius 3 is 1.23 bits per heavy atom. The summed E-state index contributed by atoms with van der Waals surface area (Å²) in [6.07, 6.45) is 8.31. The molecule has 0 spiro atoms. The molecular weight excluding hydrogens is 585 g/mol.